The Bertz CT molecular complexity index is 1140. The monoisotopic (exact) mass is 457 g/mol. The summed E-state index contributed by atoms with van der Waals surface area (Å²) in [5.41, 5.74) is 3.03. The number of aryl methyl sites for hydroxylation is 1. The molecule has 0 atom stereocenters. The van der Waals surface area contributed by atoms with E-state index < -0.39 is 0 Å². The molecule has 2 aliphatic heterocycles. The van der Waals surface area contributed by atoms with Crippen LogP contribution in [-0.2, 0) is 6.42 Å². The zero-order chi connectivity index (χ0) is 23.4. The molecule has 5 rings (SSSR count). The highest BCUT2D eigenvalue weighted by atomic mass is 16.5. The lowest BCUT2D eigenvalue weighted by atomic mass is 9.73. The second-order valence-corrected chi connectivity index (χ2v) is 10.1. The molecule has 178 valence electrons. The fraction of sp³-hybridized carbons (Fsp3) is 0.448. The Morgan fingerprint density at radius 2 is 1.71 bits per heavy atom. The summed E-state index contributed by atoms with van der Waals surface area (Å²) in [4.78, 5) is 22.3. The third-order valence-electron chi connectivity index (χ3n) is 7.64. The number of carbonyl (C=O) groups is 1. The van der Waals surface area contributed by atoms with Gasteiger partial charge in [-0.3, -0.25) is 4.79 Å². The number of para-hydroxylation sites is 2. The van der Waals surface area contributed by atoms with Crippen molar-refractivity contribution in [3.05, 3.63) is 71.9 Å². The molecule has 2 aliphatic rings. The molecular weight excluding hydrogens is 422 g/mol. The number of likely N-dealkylation sites (N-methyl/N-ethyl adjacent to an activating group) is 1. The summed E-state index contributed by atoms with van der Waals surface area (Å²) < 4.78 is 6.13. The summed E-state index contributed by atoms with van der Waals surface area (Å²) in [5, 5.41) is 1.07. The fourth-order valence-corrected chi connectivity index (χ4v) is 5.65. The molecule has 1 fully saturated rings. The normalized spacial score (nSPS) is 19.6. The SMILES string of the molecule is CN1CCOc2ccccc2CCCCC2(CCN(C(=O)c3ccc4ccccc4n3)CC2)C1. The third kappa shape index (κ3) is 5.10. The number of rotatable bonds is 1. The summed E-state index contributed by atoms with van der Waals surface area (Å²) in [6, 6.07) is 20.3. The summed E-state index contributed by atoms with van der Waals surface area (Å²) in [6.45, 7) is 4.30. The Hall–Kier alpha value is -2.92. The average Bonchev–Trinajstić information content (AvgIpc) is 2.86. The van der Waals surface area contributed by atoms with Crippen molar-refractivity contribution in [1.29, 1.82) is 0 Å². The van der Waals surface area contributed by atoms with Gasteiger partial charge in [0.25, 0.3) is 5.91 Å². The Morgan fingerprint density at radius 3 is 2.59 bits per heavy atom. The van der Waals surface area contributed by atoms with Crippen LogP contribution in [0, 0.1) is 5.41 Å². The van der Waals surface area contributed by atoms with Crippen molar-refractivity contribution >= 4 is 16.8 Å². The van der Waals surface area contributed by atoms with Crippen LogP contribution in [0.15, 0.2) is 60.7 Å². The van der Waals surface area contributed by atoms with E-state index in [1.54, 1.807) is 0 Å². The molecule has 2 aromatic carbocycles. The molecule has 1 amide bonds. The summed E-state index contributed by atoms with van der Waals surface area (Å²) in [7, 11) is 2.21. The molecular formula is C29H35N3O2. The number of carbonyl (C=O) groups excluding carboxylic acids is 1. The Morgan fingerprint density at radius 1 is 0.912 bits per heavy atom. The van der Waals surface area contributed by atoms with Crippen LogP contribution < -0.4 is 4.74 Å². The number of nitrogens with zero attached hydrogens (tertiary/aromatic N) is 3. The van der Waals surface area contributed by atoms with Gasteiger partial charge in [0, 0.05) is 31.6 Å². The quantitative estimate of drug-likeness (QED) is 0.504. The molecule has 1 aromatic heterocycles. The van der Waals surface area contributed by atoms with Crippen molar-refractivity contribution in [3.63, 3.8) is 0 Å². The van der Waals surface area contributed by atoms with Gasteiger partial charge in [-0.15, -0.1) is 0 Å². The smallest absolute Gasteiger partial charge is 0.272 e. The number of piperidine rings is 1. The highest BCUT2D eigenvalue weighted by Crippen LogP contribution is 2.38. The van der Waals surface area contributed by atoms with Gasteiger partial charge in [0.1, 0.15) is 18.1 Å². The predicted octanol–water partition coefficient (Wildman–Crippen LogP) is 5.19. The zero-order valence-electron chi connectivity index (χ0n) is 20.2. The number of pyridine rings is 1. The molecule has 0 aliphatic carbocycles. The largest absolute Gasteiger partial charge is 0.492 e. The molecule has 3 aromatic rings. The number of likely N-dealkylation sites (tertiary alicyclic amines) is 1. The van der Waals surface area contributed by atoms with E-state index in [0.717, 1.165) is 62.1 Å². The number of hydrogen-bond acceptors (Lipinski definition) is 4. The van der Waals surface area contributed by atoms with E-state index >= 15 is 0 Å². The van der Waals surface area contributed by atoms with Crippen molar-refractivity contribution in [2.45, 2.75) is 38.5 Å². The van der Waals surface area contributed by atoms with Gasteiger partial charge < -0.3 is 14.5 Å². The molecule has 0 bridgehead atoms. The van der Waals surface area contributed by atoms with Crippen LogP contribution in [0.25, 0.3) is 10.9 Å². The molecule has 0 unspecified atom stereocenters. The minimum Gasteiger partial charge on any atom is -0.492 e. The molecule has 5 nitrogen and oxygen atoms in total. The number of amides is 1. The summed E-state index contributed by atoms with van der Waals surface area (Å²) in [5.74, 6) is 1.10. The molecule has 0 saturated carbocycles. The second kappa shape index (κ2) is 10.1. The first-order chi connectivity index (χ1) is 16.6. The van der Waals surface area contributed by atoms with Crippen LogP contribution in [-0.4, -0.2) is 60.5 Å². The van der Waals surface area contributed by atoms with Gasteiger partial charge in [0.05, 0.1) is 5.52 Å². The van der Waals surface area contributed by atoms with Crippen LogP contribution in [0.2, 0.25) is 0 Å². The van der Waals surface area contributed by atoms with Crippen LogP contribution in [0.3, 0.4) is 0 Å². The topological polar surface area (TPSA) is 45.7 Å². The number of benzene rings is 2. The first-order valence-electron chi connectivity index (χ1n) is 12.7. The van der Waals surface area contributed by atoms with E-state index in [9.17, 15) is 4.79 Å². The average molecular weight is 458 g/mol. The molecule has 1 saturated heterocycles. The highest BCUT2D eigenvalue weighted by Gasteiger charge is 2.37. The van der Waals surface area contributed by atoms with E-state index in [2.05, 4.69) is 41.2 Å². The van der Waals surface area contributed by atoms with Crippen LogP contribution >= 0.6 is 0 Å². The van der Waals surface area contributed by atoms with Gasteiger partial charge in [-0.1, -0.05) is 48.9 Å². The maximum atomic E-state index is 13.2. The Kier molecular flexibility index (Phi) is 6.82. The molecule has 0 N–H and O–H groups in total. The molecule has 0 radical (unpaired) electrons. The van der Waals surface area contributed by atoms with Gasteiger partial charge in [0.2, 0.25) is 0 Å². The van der Waals surface area contributed by atoms with E-state index in [4.69, 9.17) is 4.74 Å². The molecule has 5 heteroatoms. The second-order valence-electron chi connectivity index (χ2n) is 10.1. The maximum Gasteiger partial charge on any atom is 0.272 e. The molecule has 3 heterocycles. The van der Waals surface area contributed by atoms with Crippen LogP contribution in [0.5, 0.6) is 5.75 Å². The molecule has 1 spiro atoms. The standard InChI is InChI=1S/C29H35N3O2/c1-31-20-21-34-27-12-5-3-9-24(27)10-6-7-15-29(22-31)16-18-32(19-17-29)28(33)26-14-13-23-8-2-4-11-25(23)30-26/h2-5,8-9,11-14H,6-7,10,15-22H2,1H3. The Labute approximate surface area is 202 Å². The lowest BCUT2D eigenvalue weighted by Crippen LogP contribution is -2.48. The highest BCUT2D eigenvalue weighted by molar-refractivity contribution is 5.95. The predicted molar refractivity (Wildman–Crippen MR) is 136 cm³/mol. The first-order valence-corrected chi connectivity index (χ1v) is 12.7. The van der Waals surface area contributed by atoms with Gasteiger partial charge >= 0.3 is 0 Å². The van der Waals surface area contributed by atoms with Gasteiger partial charge in [0.15, 0.2) is 0 Å². The first kappa shape index (κ1) is 22.9. The minimum absolute atomic E-state index is 0.0621. The van der Waals surface area contributed by atoms with E-state index in [0.29, 0.717) is 12.3 Å². The fourth-order valence-electron chi connectivity index (χ4n) is 5.65. The maximum absolute atomic E-state index is 13.2. The van der Waals surface area contributed by atoms with Gasteiger partial charge in [-0.25, -0.2) is 4.98 Å². The zero-order valence-corrected chi connectivity index (χ0v) is 20.2. The van der Waals surface area contributed by atoms with Crippen molar-refractivity contribution in [2.75, 3.05) is 39.8 Å². The lowest BCUT2D eigenvalue weighted by molar-refractivity contribution is 0.0421. The third-order valence-corrected chi connectivity index (χ3v) is 7.64. The summed E-state index contributed by atoms with van der Waals surface area (Å²) in [6.07, 6.45) is 6.77. The van der Waals surface area contributed by atoms with E-state index in [-0.39, 0.29) is 11.3 Å². The van der Waals surface area contributed by atoms with E-state index in [1.165, 1.54) is 24.8 Å². The number of hydrogen-bond donors (Lipinski definition) is 0. The lowest BCUT2D eigenvalue weighted by Gasteiger charge is -2.44. The number of ether oxygens (including phenoxy) is 1. The van der Waals surface area contributed by atoms with Crippen molar-refractivity contribution in [3.8, 4) is 5.75 Å². The number of aromatic nitrogens is 1. The van der Waals surface area contributed by atoms with E-state index in [1.807, 2.05) is 41.3 Å². The number of fused-ring (bicyclic) bond motifs is 2. The van der Waals surface area contributed by atoms with Crippen molar-refractivity contribution in [2.24, 2.45) is 5.41 Å². The van der Waals surface area contributed by atoms with Gasteiger partial charge in [-0.05, 0) is 68.3 Å². The minimum atomic E-state index is 0.0621. The van der Waals surface area contributed by atoms with Gasteiger partial charge in [-0.2, -0.15) is 0 Å². The van der Waals surface area contributed by atoms with Crippen LogP contribution in [0.1, 0.15) is 48.2 Å². The van der Waals surface area contributed by atoms with Crippen LogP contribution in [0.4, 0.5) is 0 Å². The molecule has 34 heavy (non-hydrogen) atoms. The summed E-state index contributed by atoms with van der Waals surface area (Å²) >= 11 is 0. The van der Waals surface area contributed by atoms with Crippen molar-refractivity contribution in [1.82, 2.24) is 14.8 Å². The Balaban J connectivity index is 1.25. The van der Waals surface area contributed by atoms with Crippen molar-refractivity contribution < 1.29 is 9.53 Å².